The van der Waals surface area contributed by atoms with Crippen molar-refractivity contribution < 1.29 is 0 Å². The smallest absolute Gasteiger partial charge is 0.0946 e. The molecule has 0 aromatic rings. The van der Waals surface area contributed by atoms with E-state index in [1.165, 1.54) is 0 Å². The van der Waals surface area contributed by atoms with Gasteiger partial charge in [-0.2, -0.15) is 5.26 Å². The van der Waals surface area contributed by atoms with Gasteiger partial charge in [-0.3, -0.25) is 0 Å². The Hall–Kier alpha value is -0.770. The number of hydrogen-bond acceptors (Lipinski definition) is 1. The minimum atomic E-state index is 0.161. The normalized spacial score (nSPS) is 39.4. The van der Waals surface area contributed by atoms with Gasteiger partial charge in [-0.25, -0.2) is 0 Å². The highest BCUT2D eigenvalue weighted by Gasteiger charge is 2.48. The molecule has 0 bridgehead atoms. The molecule has 2 atom stereocenters. The van der Waals surface area contributed by atoms with Gasteiger partial charge in [0.05, 0.1) is 6.07 Å². The summed E-state index contributed by atoms with van der Waals surface area (Å²) in [4.78, 5) is 0. The molecule has 0 aromatic heterocycles. The third-order valence-corrected chi connectivity index (χ3v) is 2.48. The topological polar surface area (TPSA) is 23.8 Å². The standard InChI is InChI=1S/C8H11N/c1-6-4-8(6,3)7(2)5-9/h6H,2,4H2,1,3H3. The third-order valence-electron chi connectivity index (χ3n) is 2.48. The summed E-state index contributed by atoms with van der Waals surface area (Å²) in [5, 5.41) is 8.48. The van der Waals surface area contributed by atoms with Crippen LogP contribution in [0.5, 0.6) is 0 Å². The Balaban J connectivity index is 2.67. The summed E-state index contributed by atoms with van der Waals surface area (Å²) < 4.78 is 0. The second-order valence-electron chi connectivity index (χ2n) is 3.11. The van der Waals surface area contributed by atoms with Gasteiger partial charge in [0.1, 0.15) is 0 Å². The molecule has 0 N–H and O–H groups in total. The molecule has 1 aliphatic rings. The molecule has 1 nitrogen and oxygen atoms in total. The molecule has 1 saturated carbocycles. The lowest BCUT2D eigenvalue weighted by Crippen LogP contribution is -1.97. The number of allylic oxidation sites excluding steroid dienone is 1. The van der Waals surface area contributed by atoms with Crippen LogP contribution < -0.4 is 0 Å². The molecule has 0 saturated heterocycles. The summed E-state index contributed by atoms with van der Waals surface area (Å²) in [5.74, 6) is 0.671. The summed E-state index contributed by atoms with van der Waals surface area (Å²) in [6.45, 7) is 7.95. The number of rotatable bonds is 1. The van der Waals surface area contributed by atoms with Crippen molar-refractivity contribution in [2.45, 2.75) is 20.3 Å². The summed E-state index contributed by atoms with van der Waals surface area (Å²) in [6.07, 6.45) is 1.14. The molecule has 1 rings (SSSR count). The number of nitrogens with zero attached hydrogens (tertiary/aromatic N) is 1. The first-order valence-corrected chi connectivity index (χ1v) is 3.20. The van der Waals surface area contributed by atoms with Crippen molar-refractivity contribution in [3.63, 3.8) is 0 Å². The van der Waals surface area contributed by atoms with E-state index in [2.05, 4.69) is 26.5 Å². The summed E-state index contributed by atoms with van der Waals surface area (Å²) in [7, 11) is 0. The second-order valence-corrected chi connectivity index (χ2v) is 3.11. The van der Waals surface area contributed by atoms with Crippen LogP contribution in [0.2, 0.25) is 0 Å². The van der Waals surface area contributed by atoms with E-state index in [9.17, 15) is 0 Å². The van der Waals surface area contributed by atoms with E-state index in [4.69, 9.17) is 5.26 Å². The fourth-order valence-corrected chi connectivity index (χ4v) is 1.13. The van der Waals surface area contributed by atoms with Crippen molar-refractivity contribution in [2.24, 2.45) is 11.3 Å². The predicted octanol–water partition coefficient (Wildman–Crippen LogP) is 2.11. The first-order valence-electron chi connectivity index (χ1n) is 3.20. The summed E-state index contributed by atoms with van der Waals surface area (Å²) in [6, 6.07) is 2.10. The Bertz CT molecular complexity index is 187. The largest absolute Gasteiger partial charge is 0.193 e. The van der Waals surface area contributed by atoms with E-state index in [0.717, 1.165) is 12.0 Å². The SMILES string of the molecule is C=C(C#N)C1(C)CC1C. The van der Waals surface area contributed by atoms with Gasteiger partial charge >= 0.3 is 0 Å². The van der Waals surface area contributed by atoms with Crippen molar-refractivity contribution in [3.05, 3.63) is 12.2 Å². The summed E-state index contributed by atoms with van der Waals surface area (Å²) in [5.41, 5.74) is 0.907. The molecule has 0 radical (unpaired) electrons. The predicted molar refractivity (Wildman–Crippen MR) is 36.6 cm³/mol. The average molecular weight is 121 g/mol. The van der Waals surface area contributed by atoms with E-state index < -0.39 is 0 Å². The van der Waals surface area contributed by atoms with Crippen LogP contribution in [0.1, 0.15) is 20.3 Å². The van der Waals surface area contributed by atoms with E-state index in [1.807, 2.05) is 0 Å². The average Bonchev–Trinajstić information content (AvgIpc) is 2.41. The van der Waals surface area contributed by atoms with E-state index in [1.54, 1.807) is 0 Å². The van der Waals surface area contributed by atoms with Crippen molar-refractivity contribution in [1.29, 1.82) is 5.26 Å². The molecule has 1 fully saturated rings. The highest BCUT2D eigenvalue weighted by molar-refractivity contribution is 5.31. The highest BCUT2D eigenvalue weighted by atomic mass is 14.5. The van der Waals surface area contributed by atoms with Crippen molar-refractivity contribution in [2.75, 3.05) is 0 Å². The van der Waals surface area contributed by atoms with Gasteiger partial charge < -0.3 is 0 Å². The second kappa shape index (κ2) is 1.60. The lowest BCUT2D eigenvalue weighted by Gasteiger charge is -2.03. The lowest BCUT2D eigenvalue weighted by molar-refractivity contribution is 0.640. The van der Waals surface area contributed by atoms with Gasteiger partial charge in [0.15, 0.2) is 0 Å². The number of hydrogen-bond donors (Lipinski definition) is 0. The molecule has 0 amide bonds. The summed E-state index contributed by atoms with van der Waals surface area (Å²) >= 11 is 0. The lowest BCUT2D eigenvalue weighted by atomic mass is 9.99. The van der Waals surface area contributed by atoms with Crippen LogP contribution in [0.3, 0.4) is 0 Å². The zero-order chi connectivity index (χ0) is 7.07. The molecule has 0 heterocycles. The van der Waals surface area contributed by atoms with Crippen molar-refractivity contribution >= 4 is 0 Å². The monoisotopic (exact) mass is 121 g/mol. The van der Waals surface area contributed by atoms with Crippen molar-refractivity contribution in [1.82, 2.24) is 0 Å². The Labute approximate surface area is 56.0 Å². The number of nitriles is 1. The quantitative estimate of drug-likeness (QED) is 0.487. The molecule has 1 heteroatoms. The Morgan fingerprint density at radius 2 is 2.33 bits per heavy atom. The molecule has 48 valence electrons. The van der Waals surface area contributed by atoms with E-state index in [-0.39, 0.29) is 5.41 Å². The van der Waals surface area contributed by atoms with E-state index >= 15 is 0 Å². The Morgan fingerprint density at radius 3 is 2.44 bits per heavy atom. The highest BCUT2D eigenvalue weighted by Crippen LogP contribution is 2.56. The molecule has 0 aliphatic heterocycles. The fraction of sp³-hybridized carbons (Fsp3) is 0.625. The van der Waals surface area contributed by atoms with Gasteiger partial charge in [0.2, 0.25) is 0 Å². The molecule has 0 aromatic carbocycles. The van der Waals surface area contributed by atoms with Crippen LogP contribution in [0.4, 0.5) is 0 Å². The van der Waals surface area contributed by atoms with Crippen LogP contribution >= 0.6 is 0 Å². The molecular formula is C8H11N. The van der Waals surface area contributed by atoms with Crippen LogP contribution in [0.25, 0.3) is 0 Å². The van der Waals surface area contributed by atoms with E-state index in [0.29, 0.717) is 5.92 Å². The van der Waals surface area contributed by atoms with Gasteiger partial charge in [0.25, 0.3) is 0 Å². The van der Waals surface area contributed by atoms with Gasteiger partial charge in [0, 0.05) is 11.0 Å². The Morgan fingerprint density at radius 1 is 1.89 bits per heavy atom. The van der Waals surface area contributed by atoms with Crippen LogP contribution in [0, 0.1) is 22.7 Å². The van der Waals surface area contributed by atoms with Gasteiger partial charge in [-0.15, -0.1) is 0 Å². The maximum absolute atomic E-state index is 8.48. The third kappa shape index (κ3) is 0.751. The molecule has 9 heavy (non-hydrogen) atoms. The first-order chi connectivity index (χ1) is 4.11. The maximum Gasteiger partial charge on any atom is 0.0946 e. The first kappa shape index (κ1) is 6.35. The molecule has 2 unspecified atom stereocenters. The Kier molecular flexibility index (Phi) is 1.13. The maximum atomic E-state index is 8.48. The molecular weight excluding hydrogens is 110 g/mol. The molecule has 0 spiro atoms. The zero-order valence-corrected chi connectivity index (χ0v) is 5.94. The zero-order valence-electron chi connectivity index (χ0n) is 5.94. The van der Waals surface area contributed by atoms with Crippen molar-refractivity contribution in [3.8, 4) is 6.07 Å². The minimum absolute atomic E-state index is 0.161. The minimum Gasteiger partial charge on any atom is -0.193 e. The van der Waals surface area contributed by atoms with Crippen LogP contribution in [0.15, 0.2) is 12.2 Å². The van der Waals surface area contributed by atoms with Gasteiger partial charge in [-0.05, 0) is 12.3 Å². The van der Waals surface area contributed by atoms with Crippen LogP contribution in [-0.4, -0.2) is 0 Å². The fourth-order valence-electron chi connectivity index (χ4n) is 1.13. The van der Waals surface area contributed by atoms with Gasteiger partial charge in [-0.1, -0.05) is 20.4 Å². The van der Waals surface area contributed by atoms with Crippen LogP contribution in [-0.2, 0) is 0 Å². The molecule has 1 aliphatic carbocycles.